The Kier molecular flexibility index (Phi) is 6.94. The first-order chi connectivity index (χ1) is 17.4. The van der Waals surface area contributed by atoms with Crippen LogP contribution in [-0.2, 0) is 4.74 Å². The molecule has 3 aromatic carbocycles. The molecule has 5 rings (SSSR count). The minimum absolute atomic E-state index is 0.0948. The summed E-state index contributed by atoms with van der Waals surface area (Å²) in [7, 11) is 0. The van der Waals surface area contributed by atoms with Gasteiger partial charge < -0.3 is 19.5 Å². The molecule has 2 aliphatic rings. The monoisotopic (exact) mass is 511 g/mol. The van der Waals surface area contributed by atoms with Crippen LogP contribution < -0.4 is 9.64 Å². The lowest BCUT2D eigenvalue weighted by Crippen LogP contribution is -2.36. The second-order valence-electron chi connectivity index (χ2n) is 8.80. The standard InChI is InChI=1S/C28H24ClF2NO4/c29-19-4-6-26(36-27-7-5-20(30)16-25(27)31)24(15-19)23-3-1-2-22(23)17-12-18(28(33)34)14-21(13-17)32-8-10-35-11-9-32/h4-7,12-16H,1-3,8-11H2,(H,33,34). The number of carboxylic acids is 1. The van der Waals surface area contributed by atoms with E-state index in [2.05, 4.69) is 4.90 Å². The van der Waals surface area contributed by atoms with Crippen molar-refractivity contribution in [3.05, 3.63) is 87.9 Å². The number of nitrogens with zero attached hydrogens (tertiary/aromatic N) is 1. The number of aromatic carboxylic acids is 1. The van der Waals surface area contributed by atoms with Crippen molar-refractivity contribution >= 4 is 34.4 Å². The van der Waals surface area contributed by atoms with Crippen LogP contribution in [0.15, 0.2) is 54.6 Å². The van der Waals surface area contributed by atoms with Crippen molar-refractivity contribution in [1.82, 2.24) is 0 Å². The fourth-order valence-corrected chi connectivity index (χ4v) is 4.95. The van der Waals surface area contributed by atoms with Crippen LogP contribution in [0.1, 0.15) is 40.7 Å². The van der Waals surface area contributed by atoms with Gasteiger partial charge in [0.15, 0.2) is 11.6 Å². The van der Waals surface area contributed by atoms with Crippen LogP contribution in [0.5, 0.6) is 11.5 Å². The Hall–Kier alpha value is -3.42. The summed E-state index contributed by atoms with van der Waals surface area (Å²) >= 11 is 6.34. The summed E-state index contributed by atoms with van der Waals surface area (Å²) in [5.74, 6) is -2.19. The molecule has 1 aliphatic heterocycles. The third kappa shape index (κ3) is 5.08. The maximum Gasteiger partial charge on any atom is 0.335 e. The normalized spacial score (nSPS) is 15.9. The molecule has 0 radical (unpaired) electrons. The van der Waals surface area contributed by atoms with Crippen molar-refractivity contribution < 1.29 is 28.2 Å². The van der Waals surface area contributed by atoms with Crippen molar-refractivity contribution in [2.75, 3.05) is 31.2 Å². The summed E-state index contributed by atoms with van der Waals surface area (Å²) in [4.78, 5) is 14.1. The molecule has 3 aromatic rings. The van der Waals surface area contributed by atoms with Gasteiger partial charge >= 0.3 is 5.97 Å². The van der Waals surface area contributed by atoms with E-state index < -0.39 is 17.6 Å². The van der Waals surface area contributed by atoms with E-state index in [1.807, 2.05) is 6.07 Å². The van der Waals surface area contributed by atoms with Crippen molar-refractivity contribution in [2.45, 2.75) is 19.3 Å². The van der Waals surface area contributed by atoms with Gasteiger partial charge in [-0.05, 0) is 84.5 Å². The molecule has 1 fully saturated rings. The van der Waals surface area contributed by atoms with Gasteiger partial charge in [-0.2, -0.15) is 0 Å². The maximum atomic E-state index is 14.3. The number of halogens is 3. The van der Waals surface area contributed by atoms with Gasteiger partial charge in [0.05, 0.1) is 18.8 Å². The lowest BCUT2D eigenvalue weighted by Gasteiger charge is -2.29. The molecule has 0 spiro atoms. The predicted molar refractivity (Wildman–Crippen MR) is 135 cm³/mol. The average molecular weight is 512 g/mol. The largest absolute Gasteiger partial charge is 0.478 e. The van der Waals surface area contributed by atoms with E-state index in [0.29, 0.717) is 42.6 Å². The number of carbonyl (C=O) groups is 1. The first-order valence-electron chi connectivity index (χ1n) is 11.8. The third-order valence-corrected chi connectivity index (χ3v) is 6.72. The Morgan fingerprint density at radius 1 is 0.944 bits per heavy atom. The van der Waals surface area contributed by atoms with Gasteiger partial charge in [-0.1, -0.05) is 11.6 Å². The van der Waals surface area contributed by atoms with Crippen molar-refractivity contribution in [2.24, 2.45) is 0 Å². The van der Waals surface area contributed by atoms with Crippen LogP contribution in [0.4, 0.5) is 14.5 Å². The second-order valence-corrected chi connectivity index (χ2v) is 9.24. The Labute approximate surface area is 212 Å². The highest BCUT2D eigenvalue weighted by Crippen LogP contribution is 2.45. The zero-order chi connectivity index (χ0) is 25.2. The second kappa shape index (κ2) is 10.3. The first-order valence-corrected chi connectivity index (χ1v) is 12.1. The zero-order valence-electron chi connectivity index (χ0n) is 19.4. The summed E-state index contributed by atoms with van der Waals surface area (Å²) in [5.41, 5.74) is 4.53. The molecule has 0 saturated carbocycles. The van der Waals surface area contributed by atoms with Crippen LogP contribution in [-0.4, -0.2) is 37.4 Å². The molecular weight excluding hydrogens is 488 g/mol. The molecule has 0 atom stereocenters. The van der Waals surface area contributed by atoms with E-state index in [9.17, 15) is 18.7 Å². The number of benzene rings is 3. The number of carboxylic acid groups (broad SMARTS) is 1. The summed E-state index contributed by atoms with van der Waals surface area (Å²) < 4.78 is 39.0. The SMILES string of the molecule is O=C(O)c1cc(C2=C(c3cc(Cl)ccc3Oc3ccc(F)cc3F)CCC2)cc(N2CCOCC2)c1. The van der Waals surface area contributed by atoms with Crippen molar-refractivity contribution in [1.29, 1.82) is 0 Å². The van der Waals surface area contributed by atoms with E-state index in [1.165, 1.54) is 6.07 Å². The van der Waals surface area contributed by atoms with Crippen molar-refractivity contribution in [3.8, 4) is 11.5 Å². The van der Waals surface area contributed by atoms with Gasteiger partial charge in [0, 0.05) is 35.4 Å². The van der Waals surface area contributed by atoms with Gasteiger partial charge in [0.25, 0.3) is 0 Å². The fourth-order valence-electron chi connectivity index (χ4n) is 4.78. The third-order valence-electron chi connectivity index (χ3n) is 6.49. The summed E-state index contributed by atoms with van der Waals surface area (Å²) in [5, 5.41) is 10.3. The number of morpholine rings is 1. The average Bonchev–Trinajstić information content (AvgIpc) is 3.37. The van der Waals surface area contributed by atoms with E-state index >= 15 is 0 Å². The molecular formula is C28H24ClF2NO4. The fraction of sp³-hybridized carbons (Fsp3) is 0.250. The summed E-state index contributed by atoms with van der Waals surface area (Å²) in [6, 6.07) is 13.6. The molecule has 5 nitrogen and oxygen atoms in total. The van der Waals surface area contributed by atoms with Gasteiger partial charge in [-0.3, -0.25) is 0 Å². The number of hydrogen-bond donors (Lipinski definition) is 1. The molecule has 1 N–H and O–H groups in total. The highest BCUT2D eigenvalue weighted by Gasteiger charge is 2.24. The van der Waals surface area contributed by atoms with Crippen LogP contribution >= 0.6 is 11.6 Å². The minimum atomic E-state index is -0.995. The molecule has 186 valence electrons. The van der Waals surface area contributed by atoms with Gasteiger partial charge in [-0.25, -0.2) is 13.6 Å². The molecule has 0 bridgehead atoms. The highest BCUT2D eigenvalue weighted by molar-refractivity contribution is 6.30. The molecule has 1 heterocycles. The molecule has 1 saturated heterocycles. The Morgan fingerprint density at radius 3 is 2.44 bits per heavy atom. The van der Waals surface area contributed by atoms with Gasteiger partial charge in [0.1, 0.15) is 11.6 Å². The van der Waals surface area contributed by atoms with E-state index in [-0.39, 0.29) is 11.3 Å². The van der Waals surface area contributed by atoms with Crippen LogP contribution in [0, 0.1) is 11.6 Å². The number of allylic oxidation sites excluding steroid dienone is 2. The molecule has 36 heavy (non-hydrogen) atoms. The van der Waals surface area contributed by atoms with Gasteiger partial charge in [-0.15, -0.1) is 0 Å². The summed E-state index contributed by atoms with van der Waals surface area (Å²) in [6.07, 6.45) is 2.34. The number of hydrogen-bond acceptors (Lipinski definition) is 4. The number of rotatable bonds is 6. The topological polar surface area (TPSA) is 59.0 Å². The lowest BCUT2D eigenvalue weighted by atomic mass is 9.94. The minimum Gasteiger partial charge on any atom is -0.478 e. The molecule has 0 aromatic heterocycles. The van der Waals surface area contributed by atoms with Gasteiger partial charge in [0.2, 0.25) is 0 Å². The molecule has 8 heteroatoms. The maximum absolute atomic E-state index is 14.3. The molecule has 1 aliphatic carbocycles. The smallest absolute Gasteiger partial charge is 0.335 e. The quantitative estimate of drug-likeness (QED) is 0.384. The molecule has 0 amide bonds. The zero-order valence-corrected chi connectivity index (χ0v) is 20.2. The predicted octanol–water partition coefficient (Wildman–Crippen LogP) is 7.04. The van der Waals surface area contributed by atoms with E-state index in [0.717, 1.165) is 53.8 Å². The van der Waals surface area contributed by atoms with Crippen LogP contribution in [0.25, 0.3) is 11.1 Å². The first kappa shape index (κ1) is 24.3. The van der Waals surface area contributed by atoms with E-state index in [1.54, 1.807) is 30.3 Å². The number of ether oxygens (including phenoxy) is 2. The lowest BCUT2D eigenvalue weighted by molar-refractivity contribution is 0.0697. The van der Waals surface area contributed by atoms with E-state index in [4.69, 9.17) is 21.1 Å². The Morgan fingerprint density at radius 2 is 1.69 bits per heavy atom. The van der Waals surface area contributed by atoms with Crippen molar-refractivity contribution in [3.63, 3.8) is 0 Å². The van der Waals surface area contributed by atoms with Crippen LogP contribution in [0.3, 0.4) is 0 Å². The Bertz CT molecular complexity index is 1350. The summed E-state index contributed by atoms with van der Waals surface area (Å²) in [6.45, 7) is 2.54. The van der Waals surface area contributed by atoms with Crippen LogP contribution in [0.2, 0.25) is 5.02 Å². The number of anilines is 1. The highest BCUT2D eigenvalue weighted by atomic mass is 35.5. The Balaban J connectivity index is 1.60. The molecule has 0 unspecified atom stereocenters.